The number of ether oxygens (including phenoxy) is 3. The maximum atomic E-state index is 12.4. The maximum absolute atomic E-state index is 12.4. The Kier molecular flexibility index (Phi) is 15.4. The number of hydrogen-bond acceptors (Lipinski definition) is 5. The first-order chi connectivity index (χ1) is 13.1. The average Bonchev–Trinajstić information content (AvgIpc) is 2.65. The Labute approximate surface area is 161 Å². The fourth-order valence-electron chi connectivity index (χ4n) is 2.26. The summed E-state index contributed by atoms with van der Waals surface area (Å²) in [7, 11) is 0. The summed E-state index contributed by atoms with van der Waals surface area (Å²) in [6, 6.07) is 0. The molecule has 0 aliphatic rings. The van der Waals surface area contributed by atoms with Crippen LogP contribution in [0.4, 0.5) is 0 Å². The van der Waals surface area contributed by atoms with Gasteiger partial charge in [-0.1, -0.05) is 24.2 Å². The molecule has 0 unspecified atom stereocenters. The number of hydrogen-bond donors (Lipinski definition) is 2. The fourth-order valence-corrected chi connectivity index (χ4v) is 2.26. The molecule has 0 spiro atoms. The third-order valence-corrected chi connectivity index (χ3v) is 3.40. The lowest BCUT2D eigenvalue weighted by Crippen LogP contribution is -2.58. The predicted octanol–water partition coefficient (Wildman–Crippen LogP) is 0.0972. The Hall–Kier alpha value is -2.50. The Morgan fingerprint density at radius 2 is 1.41 bits per heavy atom. The van der Waals surface area contributed by atoms with Crippen LogP contribution < -0.4 is 10.6 Å². The highest BCUT2D eigenvalue weighted by molar-refractivity contribution is 5.76. The van der Waals surface area contributed by atoms with E-state index in [2.05, 4.69) is 28.4 Å². The van der Waals surface area contributed by atoms with E-state index < -0.39 is 5.54 Å². The van der Waals surface area contributed by atoms with E-state index in [1.807, 2.05) is 0 Å². The molecule has 0 saturated heterocycles. The molecule has 0 aliphatic heterocycles. The van der Waals surface area contributed by atoms with Crippen LogP contribution in [0.15, 0.2) is 0 Å². The first-order valence-electron chi connectivity index (χ1n) is 8.66. The van der Waals surface area contributed by atoms with E-state index in [-0.39, 0.29) is 45.5 Å². The Morgan fingerprint density at radius 1 is 0.889 bits per heavy atom. The largest absolute Gasteiger partial charge is 0.366 e. The second-order valence-corrected chi connectivity index (χ2v) is 5.80. The summed E-state index contributed by atoms with van der Waals surface area (Å²) in [5.74, 6) is 6.95. The van der Waals surface area contributed by atoms with E-state index in [9.17, 15) is 9.59 Å². The van der Waals surface area contributed by atoms with E-state index in [1.165, 1.54) is 0 Å². The SMILES string of the molecule is C#CCOCC(COCC#C)(COCC#C)NC(=O)CCCCCNC=O. The van der Waals surface area contributed by atoms with Gasteiger partial charge in [-0.05, 0) is 12.8 Å². The summed E-state index contributed by atoms with van der Waals surface area (Å²) in [5.41, 5.74) is -0.944. The van der Waals surface area contributed by atoms with Crippen molar-refractivity contribution in [3.05, 3.63) is 0 Å². The number of unbranched alkanes of at least 4 members (excludes halogenated alkanes) is 2. The van der Waals surface area contributed by atoms with Crippen LogP contribution >= 0.6 is 0 Å². The molecule has 0 heterocycles. The minimum Gasteiger partial charge on any atom is -0.366 e. The van der Waals surface area contributed by atoms with Gasteiger partial charge in [-0.15, -0.1) is 19.3 Å². The molecule has 0 radical (unpaired) electrons. The number of carbonyl (C=O) groups is 2. The first kappa shape index (κ1) is 24.5. The summed E-state index contributed by atoms with van der Waals surface area (Å²) in [6.45, 7) is 1.15. The quantitative estimate of drug-likeness (QED) is 0.214. The molecule has 27 heavy (non-hydrogen) atoms. The van der Waals surface area contributed by atoms with Gasteiger partial charge in [0.15, 0.2) is 0 Å². The van der Waals surface area contributed by atoms with Gasteiger partial charge >= 0.3 is 0 Å². The summed E-state index contributed by atoms with van der Waals surface area (Å²) in [6.07, 6.45) is 18.9. The lowest BCUT2D eigenvalue weighted by atomic mass is 10.0. The summed E-state index contributed by atoms with van der Waals surface area (Å²) < 4.78 is 16.3. The Bertz CT molecular complexity index is 492. The van der Waals surface area contributed by atoms with Crippen molar-refractivity contribution in [2.75, 3.05) is 46.2 Å². The highest BCUT2D eigenvalue weighted by Crippen LogP contribution is 2.11. The standard InChI is InChI=1S/C20H28N2O5/c1-4-12-25-15-20(16-26-13-5-2,17-27-14-6-3)22-19(24)10-8-7-9-11-21-18-23/h1-3,18H,7-17H2,(H,21,23)(H,22,24). The van der Waals surface area contributed by atoms with Crippen molar-refractivity contribution in [2.45, 2.75) is 31.2 Å². The minimum atomic E-state index is -0.944. The highest BCUT2D eigenvalue weighted by atomic mass is 16.5. The topological polar surface area (TPSA) is 85.9 Å². The number of carbonyl (C=O) groups excluding carboxylic acids is 2. The molecule has 0 aromatic heterocycles. The van der Waals surface area contributed by atoms with Crippen LogP contribution in [0, 0.1) is 37.0 Å². The van der Waals surface area contributed by atoms with Crippen LogP contribution in [0.5, 0.6) is 0 Å². The number of nitrogens with one attached hydrogen (secondary N) is 2. The summed E-state index contributed by atoms with van der Waals surface area (Å²) in [5, 5.41) is 5.50. The second-order valence-electron chi connectivity index (χ2n) is 5.80. The van der Waals surface area contributed by atoms with Crippen LogP contribution in [-0.2, 0) is 23.8 Å². The van der Waals surface area contributed by atoms with Crippen molar-refractivity contribution < 1.29 is 23.8 Å². The number of amides is 2. The molecular weight excluding hydrogens is 348 g/mol. The minimum absolute atomic E-state index is 0.0889. The molecule has 0 aliphatic carbocycles. The van der Waals surface area contributed by atoms with Gasteiger partial charge in [0, 0.05) is 13.0 Å². The zero-order chi connectivity index (χ0) is 20.2. The van der Waals surface area contributed by atoms with Crippen molar-refractivity contribution in [2.24, 2.45) is 0 Å². The third-order valence-electron chi connectivity index (χ3n) is 3.40. The molecule has 0 saturated carbocycles. The Balaban J connectivity index is 4.75. The summed E-state index contributed by atoms with van der Waals surface area (Å²) in [4.78, 5) is 22.6. The van der Waals surface area contributed by atoms with Gasteiger partial charge in [0.05, 0.1) is 19.8 Å². The van der Waals surface area contributed by atoms with Crippen molar-refractivity contribution >= 4 is 12.3 Å². The van der Waals surface area contributed by atoms with Crippen LogP contribution in [0.25, 0.3) is 0 Å². The first-order valence-corrected chi connectivity index (χ1v) is 8.66. The molecule has 2 amide bonds. The average molecular weight is 376 g/mol. The van der Waals surface area contributed by atoms with Crippen LogP contribution in [-0.4, -0.2) is 64.0 Å². The third kappa shape index (κ3) is 13.4. The van der Waals surface area contributed by atoms with Crippen molar-refractivity contribution in [1.29, 1.82) is 0 Å². The fraction of sp³-hybridized carbons (Fsp3) is 0.600. The molecule has 7 heteroatoms. The highest BCUT2D eigenvalue weighted by Gasteiger charge is 2.33. The molecule has 148 valence electrons. The van der Waals surface area contributed by atoms with Gasteiger partial charge in [0.25, 0.3) is 0 Å². The molecule has 0 rings (SSSR count). The molecule has 0 atom stereocenters. The van der Waals surface area contributed by atoms with Crippen LogP contribution in [0.2, 0.25) is 0 Å². The van der Waals surface area contributed by atoms with Crippen LogP contribution in [0.3, 0.4) is 0 Å². The second kappa shape index (κ2) is 16.9. The zero-order valence-corrected chi connectivity index (χ0v) is 15.6. The predicted molar refractivity (Wildman–Crippen MR) is 102 cm³/mol. The zero-order valence-electron chi connectivity index (χ0n) is 15.6. The van der Waals surface area contributed by atoms with Gasteiger partial charge in [0.2, 0.25) is 12.3 Å². The monoisotopic (exact) mass is 376 g/mol. The smallest absolute Gasteiger partial charge is 0.220 e. The molecule has 7 nitrogen and oxygen atoms in total. The van der Waals surface area contributed by atoms with Crippen molar-refractivity contribution in [3.8, 4) is 37.0 Å². The molecular formula is C20H28N2O5. The van der Waals surface area contributed by atoms with Gasteiger partial charge in [-0.25, -0.2) is 0 Å². The lowest BCUT2D eigenvalue weighted by molar-refractivity contribution is -0.127. The maximum Gasteiger partial charge on any atom is 0.220 e. The van der Waals surface area contributed by atoms with E-state index in [0.29, 0.717) is 25.8 Å². The van der Waals surface area contributed by atoms with Crippen molar-refractivity contribution in [3.63, 3.8) is 0 Å². The van der Waals surface area contributed by atoms with E-state index >= 15 is 0 Å². The van der Waals surface area contributed by atoms with E-state index in [4.69, 9.17) is 33.5 Å². The van der Waals surface area contributed by atoms with Crippen molar-refractivity contribution in [1.82, 2.24) is 10.6 Å². The van der Waals surface area contributed by atoms with Crippen LogP contribution in [0.1, 0.15) is 25.7 Å². The van der Waals surface area contributed by atoms with Gasteiger partial charge < -0.3 is 24.8 Å². The normalized spacial score (nSPS) is 10.3. The number of terminal acetylenes is 3. The summed E-state index contributed by atoms with van der Waals surface area (Å²) >= 11 is 0. The molecule has 0 fully saturated rings. The van der Waals surface area contributed by atoms with E-state index in [1.54, 1.807) is 0 Å². The van der Waals surface area contributed by atoms with Gasteiger partial charge in [-0.2, -0.15) is 0 Å². The molecule has 2 N–H and O–H groups in total. The molecule has 0 aromatic carbocycles. The molecule has 0 bridgehead atoms. The van der Waals surface area contributed by atoms with Gasteiger partial charge in [-0.3, -0.25) is 9.59 Å². The van der Waals surface area contributed by atoms with E-state index in [0.717, 1.165) is 12.8 Å². The lowest BCUT2D eigenvalue weighted by Gasteiger charge is -2.33. The number of rotatable bonds is 17. The van der Waals surface area contributed by atoms with Gasteiger partial charge in [0.1, 0.15) is 25.4 Å². The molecule has 0 aromatic rings. The Morgan fingerprint density at radius 3 is 1.85 bits per heavy atom.